The van der Waals surface area contributed by atoms with Crippen molar-refractivity contribution in [3.63, 3.8) is 0 Å². The molecular weight excluding hydrogens is 436 g/mol. The summed E-state index contributed by atoms with van der Waals surface area (Å²) in [5.41, 5.74) is 5.04. The number of carbonyl (C=O) groups is 1. The highest BCUT2D eigenvalue weighted by Crippen LogP contribution is 2.28. The van der Waals surface area contributed by atoms with Gasteiger partial charge in [-0.15, -0.1) is 0 Å². The van der Waals surface area contributed by atoms with Gasteiger partial charge in [-0.1, -0.05) is 41.4 Å². The third kappa shape index (κ3) is 5.68. The van der Waals surface area contributed by atoms with Crippen molar-refractivity contribution in [2.45, 2.75) is 18.7 Å². The van der Waals surface area contributed by atoms with Gasteiger partial charge in [-0.05, 0) is 49.7 Å². The second-order valence-electron chi connectivity index (χ2n) is 6.84. The van der Waals surface area contributed by atoms with Crippen LogP contribution in [0.3, 0.4) is 0 Å². The molecule has 2 aromatic carbocycles. The first-order valence-corrected chi connectivity index (χ1v) is 11.2. The minimum Gasteiger partial charge on any atom is -0.271 e. The lowest BCUT2D eigenvalue weighted by molar-refractivity contribution is -0.119. The quantitative estimate of drug-likeness (QED) is 0.433. The summed E-state index contributed by atoms with van der Waals surface area (Å²) in [6.45, 7) is 3.20. The maximum absolute atomic E-state index is 13.3. The molecule has 0 aliphatic heterocycles. The summed E-state index contributed by atoms with van der Waals surface area (Å²) in [7, 11) is -4.02. The summed E-state index contributed by atoms with van der Waals surface area (Å²) in [6.07, 6.45) is 4.63. The molecule has 0 bridgehead atoms. The molecule has 160 valence electrons. The Balaban J connectivity index is 1.88. The number of aryl methyl sites for hydroxylation is 2. The number of benzene rings is 2. The van der Waals surface area contributed by atoms with E-state index in [0.29, 0.717) is 10.6 Å². The Labute approximate surface area is 186 Å². The summed E-state index contributed by atoms with van der Waals surface area (Å²) in [5, 5.41) is 4.27. The van der Waals surface area contributed by atoms with E-state index in [-0.39, 0.29) is 10.6 Å². The summed E-state index contributed by atoms with van der Waals surface area (Å²) >= 11 is 6.21. The third-order valence-electron chi connectivity index (χ3n) is 4.43. The highest BCUT2D eigenvalue weighted by Gasteiger charge is 2.27. The highest BCUT2D eigenvalue weighted by molar-refractivity contribution is 7.92. The Hall–Kier alpha value is -3.23. The van der Waals surface area contributed by atoms with Crippen LogP contribution in [0.4, 0.5) is 5.69 Å². The lowest BCUT2D eigenvalue weighted by Gasteiger charge is -2.24. The molecule has 0 unspecified atom stereocenters. The highest BCUT2D eigenvalue weighted by atomic mass is 35.5. The Kier molecular flexibility index (Phi) is 7.04. The molecule has 0 saturated heterocycles. The van der Waals surface area contributed by atoms with Crippen LogP contribution in [-0.2, 0) is 14.8 Å². The normalized spacial score (nSPS) is 11.5. The first kappa shape index (κ1) is 22.5. The van der Waals surface area contributed by atoms with Crippen molar-refractivity contribution in [3.05, 3.63) is 88.7 Å². The summed E-state index contributed by atoms with van der Waals surface area (Å²) < 4.78 is 27.7. The van der Waals surface area contributed by atoms with Gasteiger partial charge in [-0.25, -0.2) is 13.8 Å². The van der Waals surface area contributed by atoms with Gasteiger partial charge in [0.1, 0.15) is 6.54 Å². The largest absolute Gasteiger partial charge is 0.271 e. The lowest BCUT2D eigenvalue weighted by atomic mass is 10.2. The van der Waals surface area contributed by atoms with Crippen LogP contribution in [0.25, 0.3) is 0 Å². The van der Waals surface area contributed by atoms with Crippen molar-refractivity contribution < 1.29 is 13.2 Å². The minimum atomic E-state index is -4.02. The molecule has 0 radical (unpaired) electrons. The van der Waals surface area contributed by atoms with E-state index in [1.54, 1.807) is 48.8 Å². The van der Waals surface area contributed by atoms with Gasteiger partial charge in [-0.3, -0.25) is 14.1 Å². The average molecular weight is 457 g/mol. The number of anilines is 1. The number of sulfonamides is 1. The van der Waals surface area contributed by atoms with Crippen LogP contribution >= 0.6 is 11.6 Å². The van der Waals surface area contributed by atoms with E-state index in [0.717, 1.165) is 15.4 Å². The van der Waals surface area contributed by atoms with E-state index in [1.165, 1.54) is 24.4 Å². The second-order valence-corrected chi connectivity index (χ2v) is 9.11. The van der Waals surface area contributed by atoms with Crippen LogP contribution in [0.1, 0.15) is 16.7 Å². The Morgan fingerprint density at radius 2 is 1.90 bits per heavy atom. The molecule has 0 fully saturated rings. The predicted octanol–water partition coefficient (Wildman–Crippen LogP) is 3.70. The fraction of sp³-hybridized carbons (Fsp3) is 0.136. The molecule has 0 atom stereocenters. The first-order valence-electron chi connectivity index (χ1n) is 9.35. The van der Waals surface area contributed by atoms with Crippen LogP contribution in [0.2, 0.25) is 5.02 Å². The summed E-state index contributed by atoms with van der Waals surface area (Å²) in [4.78, 5) is 16.5. The molecule has 3 rings (SSSR count). The van der Waals surface area contributed by atoms with Crippen LogP contribution in [0, 0.1) is 13.8 Å². The molecule has 0 spiro atoms. The number of hydrogen-bond acceptors (Lipinski definition) is 5. The Bertz CT molecular complexity index is 1200. The van der Waals surface area contributed by atoms with Crippen LogP contribution in [0.15, 0.2) is 77.0 Å². The predicted molar refractivity (Wildman–Crippen MR) is 122 cm³/mol. The van der Waals surface area contributed by atoms with E-state index < -0.39 is 22.5 Å². The minimum absolute atomic E-state index is 0.0708. The SMILES string of the molecule is Cc1ccc(S(=O)(=O)N(CC(=O)N/N=C\c2cccnc2)c2ccc(C)c(Cl)c2)cc1. The van der Waals surface area contributed by atoms with Gasteiger partial charge in [0.15, 0.2) is 0 Å². The van der Waals surface area contributed by atoms with Crippen molar-refractivity contribution in [2.75, 3.05) is 10.8 Å². The zero-order valence-electron chi connectivity index (χ0n) is 17.0. The van der Waals surface area contributed by atoms with Gasteiger partial charge in [-0.2, -0.15) is 5.10 Å². The van der Waals surface area contributed by atoms with Crippen LogP contribution in [0.5, 0.6) is 0 Å². The van der Waals surface area contributed by atoms with Gasteiger partial charge in [0.25, 0.3) is 15.9 Å². The molecule has 0 aliphatic carbocycles. The van der Waals surface area contributed by atoms with Crippen molar-refractivity contribution in [1.29, 1.82) is 0 Å². The molecule has 3 aromatic rings. The molecule has 1 heterocycles. The fourth-order valence-corrected chi connectivity index (χ4v) is 4.27. The number of nitrogens with one attached hydrogen (secondary N) is 1. The number of carbonyl (C=O) groups excluding carboxylic acids is 1. The number of aromatic nitrogens is 1. The zero-order chi connectivity index (χ0) is 22.4. The fourth-order valence-electron chi connectivity index (χ4n) is 2.69. The van der Waals surface area contributed by atoms with E-state index in [1.807, 2.05) is 13.8 Å². The number of hydrogen-bond donors (Lipinski definition) is 1. The van der Waals surface area contributed by atoms with Gasteiger partial charge < -0.3 is 0 Å². The van der Waals surface area contributed by atoms with Gasteiger partial charge in [0, 0.05) is 23.0 Å². The van der Waals surface area contributed by atoms with E-state index in [9.17, 15) is 13.2 Å². The number of hydrazone groups is 1. The van der Waals surface area contributed by atoms with E-state index in [2.05, 4.69) is 15.5 Å². The number of nitrogens with zero attached hydrogens (tertiary/aromatic N) is 3. The molecule has 0 aliphatic rings. The number of rotatable bonds is 7. The van der Waals surface area contributed by atoms with Crippen molar-refractivity contribution in [3.8, 4) is 0 Å². The van der Waals surface area contributed by atoms with Gasteiger partial charge in [0.2, 0.25) is 0 Å². The molecule has 1 amide bonds. The van der Waals surface area contributed by atoms with Crippen molar-refractivity contribution in [2.24, 2.45) is 5.10 Å². The molecule has 1 aromatic heterocycles. The van der Waals surface area contributed by atoms with Crippen LogP contribution < -0.4 is 9.73 Å². The van der Waals surface area contributed by atoms with Gasteiger partial charge >= 0.3 is 0 Å². The van der Waals surface area contributed by atoms with Gasteiger partial charge in [0.05, 0.1) is 16.8 Å². The average Bonchev–Trinajstić information content (AvgIpc) is 2.75. The van der Waals surface area contributed by atoms with Crippen LogP contribution in [-0.4, -0.2) is 32.1 Å². The maximum Gasteiger partial charge on any atom is 0.264 e. The molecule has 31 heavy (non-hydrogen) atoms. The Morgan fingerprint density at radius 1 is 1.16 bits per heavy atom. The van der Waals surface area contributed by atoms with Crippen molar-refractivity contribution >= 4 is 39.4 Å². The van der Waals surface area contributed by atoms with E-state index >= 15 is 0 Å². The number of pyridine rings is 1. The lowest BCUT2D eigenvalue weighted by Crippen LogP contribution is -2.39. The summed E-state index contributed by atoms with van der Waals surface area (Å²) in [6, 6.07) is 14.8. The summed E-state index contributed by atoms with van der Waals surface area (Å²) in [5.74, 6) is -0.604. The number of amides is 1. The topological polar surface area (TPSA) is 91.7 Å². The zero-order valence-corrected chi connectivity index (χ0v) is 18.6. The molecule has 9 heteroatoms. The van der Waals surface area contributed by atoms with Crippen molar-refractivity contribution in [1.82, 2.24) is 10.4 Å². The molecule has 1 N–H and O–H groups in total. The first-order chi connectivity index (χ1) is 14.8. The third-order valence-corrected chi connectivity index (χ3v) is 6.62. The van der Waals surface area contributed by atoms with E-state index in [4.69, 9.17) is 11.6 Å². The molecule has 0 saturated carbocycles. The monoisotopic (exact) mass is 456 g/mol. The molecular formula is C22H21ClN4O3S. The second kappa shape index (κ2) is 9.72. The maximum atomic E-state index is 13.3. The smallest absolute Gasteiger partial charge is 0.264 e. The Morgan fingerprint density at radius 3 is 2.55 bits per heavy atom. The number of halogens is 1. The molecule has 7 nitrogen and oxygen atoms in total. The standard InChI is InChI=1S/C22H21ClN4O3S/c1-16-5-9-20(10-6-16)31(29,30)27(19-8-7-17(2)21(23)12-19)15-22(28)26-25-14-18-4-3-11-24-13-18/h3-14H,15H2,1-2H3,(H,26,28)/b25-14-.